The Bertz CT molecular complexity index is 642. The fourth-order valence-corrected chi connectivity index (χ4v) is 2.18. The van der Waals surface area contributed by atoms with E-state index in [1.807, 2.05) is 0 Å². The molecule has 0 aliphatic heterocycles. The van der Waals surface area contributed by atoms with E-state index in [2.05, 4.69) is 18.8 Å². The minimum atomic E-state index is 0. The van der Waals surface area contributed by atoms with E-state index >= 15 is 0 Å². The van der Waals surface area contributed by atoms with Crippen LogP contribution in [0.2, 0.25) is 0 Å². The third-order valence-electron chi connectivity index (χ3n) is 4.02. The van der Waals surface area contributed by atoms with Crippen molar-refractivity contribution in [3.05, 3.63) is 29.9 Å². The second-order valence-corrected chi connectivity index (χ2v) is 6.19. The number of aromatic nitrogens is 1. The van der Waals surface area contributed by atoms with Crippen molar-refractivity contribution < 1.29 is 13.6 Å². The lowest BCUT2D eigenvalue weighted by atomic mass is 10.0. The van der Waals surface area contributed by atoms with Gasteiger partial charge in [0.15, 0.2) is 5.76 Å². The third-order valence-corrected chi connectivity index (χ3v) is 4.02. The second-order valence-electron chi connectivity index (χ2n) is 6.19. The maximum Gasteiger partial charge on any atom is 0.263 e. The molecule has 1 amide bonds. The van der Waals surface area contributed by atoms with Crippen LogP contribution in [-0.2, 0) is 11.2 Å². The van der Waals surface area contributed by atoms with Gasteiger partial charge in [-0.1, -0.05) is 13.8 Å². The predicted octanol–water partition coefficient (Wildman–Crippen LogP) is 3.46. The topological polar surface area (TPSA) is 85.5 Å². The Morgan fingerprint density at radius 2 is 2.04 bits per heavy atom. The van der Waals surface area contributed by atoms with Gasteiger partial charge in [-0.3, -0.25) is 4.79 Å². The fourth-order valence-electron chi connectivity index (χ4n) is 2.18. The molecule has 0 spiro atoms. The van der Waals surface area contributed by atoms with E-state index in [-0.39, 0.29) is 43.2 Å². The fraction of sp³-hybridized carbons (Fsp3) is 0.529. The molecule has 2 rings (SSSR count). The van der Waals surface area contributed by atoms with Gasteiger partial charge in [0.05, 0.1) is 18.4 Å². The molecule has 8 heteroatoms. The summed E-state index contributed by atoms with van der Waals surface area (Å²) in [7, 11) is 1.79. The van der Waals surface area contributed by atoms with Gasteiger partial charge in [0, 0.05) is 19.6 Å². The molecule has 0 aromatic carbocycles. The van der Waals surface area contributed by atoms with E-state index in [4.69, 9.17) is 14.6 Å². The minimum absolute atomic E-state index is 0. The number of hydrogen-bond donors (Lipinski definition) is 1. The molecule has 0 saturated carbocycles. The molecule has 0 aliphatic rings. The number of likely N-dealkylation sites (N-methyl/N-ethyl adjacent to an activating group) is 1. The molecule has 2 N–H and O–H groups in total. The molecule has 6 nitrogen and oxygen atoms in total. The molecular formula is C17H27Cl2N3O3. The number of hydrogen-bond acceptors (Lipinski definition) is 5. The van der Waals surface area contributed by atoms with E-state index in [1.165, 1.54) is 0 Å². The van der Waals surface area contributed by atoms with Crippen molar-refractivity contribution in [3.63, 3.8) is 0 Å². The van der Waals surface area contributed by atoms with Gasteiger partial charge in [-0.25, -0.2) is 4.98 Å². The summed E-state index contributed by atoms with van der Waals surface area (Å²) in [6, 6.07) is 3.64. The van der Waals surface area contributed by atoms with Crippen LogP contribution < -0.4 is 5.73 Å². The Kier molecular flexibility index (Phi) is 9.85. The number of furan rings is 1. The summed E-state index contributed by atoms with van der Waals surface area (Å²) in [4.78, 5) is 18.4. The number of nitrogens with two attached hydrogens (primary N) is 1. The lowest BCUT2D eigenvalue weighted by Gasteiger charge is -2.21. The Labute approximate surface area is 161 Å². The Morgan fingerprint density at radius 1 is 1.36 bits per heavy atom. The van der Waals surface area contributed by atoms with Crippen molar-refractivity contribution in [1.82, 2.24) is 9.88 Å². The maximum absolute atomic E-state index is 12.3. The summed E-state index contributed by atoms with van der Waals surface area (Å²) in [5, 5.41) is 0. The van der Waals surface area contributed by atoms with Gasteiger partial charge >= 0.3 is 0 Å². The molecule has 2 aromatic rings. The SMILES string of the molecule is Cc1oc(-c2ccco2)nc1CC(=O)N(C)CCC(N)C(C)C.Cl.Cl. The zero-order valence-corrected chi connectivity index (χ0v) is 16.7. The maximum atomic E-state index is 12.3. The average molecular weight is 392 g/mol. The Hall–Kier alpha value is -1.50. The van der Waals surface area contributed by atoms with E-state index in [0.717, 1.165) is 6.42 Å². The molecule has 0 aliphatic carbocycles. The molecule has 25 heavy (non-hydrogen) atoms. The number of rotatable bonds is 7. The normalized spacial score (nSPS) is 11.6. The highest BCUT2D eigenvalue weighted by Crippen LogP contribution is 2.22. The van der Waals surface area contributed by atoms with E-state index in [0.29, 0.717) is 35.6 Å². The van der Waals surface area contributed by atoms with Crippen LogP contribution in [0.4, 0.5) is 0 Å². The second kappa shape index (κ2) is 10.5. The van der Waals surface area contributed by atoms with Crippen LogP contribution in [0.5, 0.6) is 0 Å². The zero-order chi connectivity index (χ0) is 17.0. The molecule has 0 bridgehead atoms. The molecule has 1 atom stereocenters. The first-order chi connectivity index (χ1) is 10.9. The highest BCUT2D eigenvalue weighted by Gasteiger charge is 2.19. The van der Waals surface area contributed by atoms with Crippen LogP contribution in [0.1, 0.15) is 31.7 Å². The number of amides is 1. The Balaban J connectivity index is 0.00000288. The van der Waals surface area contributed by atoms with E-state index in [1.54, 1.807) is 37.3 Å². The number of oxazole rings is 1. The number of carbonyl (C=O) groups is 1. The van der Waals surface area contributed by atoms with Crippen LogP contribution in [0, 0.1) is 12.8 Å². The standard InChI is InChI=1S/C17H25N3O3.2ClH/c1-11(2)13(18)7-8-20(4)16(21)10-14-12(3)23-17(19-14)15-6-5-9-22-15;;/h5-6,9,11,13H,7-8,10,18H2,1-4H3;2*1H. The molecule has 0 radical (unpaired) electrons. The third kappa shape index (κ3) is 6.38. The molecule has 0 saturated heterocycles. The smallest absolute Gasteiger partial charge is 0.263 e. The monoisotopic (exact) mass is 391 g/mol. The highest BCUT2D eigenvalue weighted by molar-refractivity contribution is 5.85. The number of carbonyl (C=O) groups excluding carboxylic acids is 1. The number of nitrogens with zero attached hydrogens (tertiary/aromatic N) is 2. The molecule has 1 unspecified atom stereocenters. The first-order valence-electron chi connectivity index (χ1n) is 7.88. The highest BCUT2D eigenvalue weighted by atomic mass is 35.5. The van der Waals surface area contributed by atoms with Crippen LogP contribution in [-0.4, -0.2) is 35.4 Å². The van der Waals surface area contributed by atoms with Gasteiger partial charge in [0.2, 0.25) is 5.91 Å². The van der Waals surface area contributed by atoms with Crippen LogP contribution >= 0.6 is 24.8 Å². The van der Waals surface area contributed by atoms with Gasteiger partial charge in [-0.05, 0) is 31.4 Å². The van der Waals surface area contributed by atoms with Crippen LogP contribution in [0.25, 0.3) is 11.7 Å². The first kappa shape index (κ1) is 23.5. The Morgan fingerprint density at radius 3 is 2.60 bits per heavy atom. The molecule has 142 valence electrons. The van der Waals surface area contributed by atoms with Crippen molar-refractivity contribution in [2.75, 3.05) is 13.6 Å². The van der Waals surface area contributed by atoms with Crippen LogP contribution in [0.15, 0.2) is 27.2 Å². The van der Waals surface area contributed by atoms with Gasteiger partial charge in [0.1, 0.15) is 5.76 Å². The summed E-state index contributed by atoms with van der Waals surface area (Å²) >= 11 is 0. The number of aryl methyl sites for hydroxylation is 1. The first-order valence-corrected chi connectivity index (χ1v) is 7.88. The van der Waals surface area contributed by atoms with Crippen molar-refractivity contribution in [3.8, 4) is 11.7 Å². The largest absolute Gasteiger partial charge is 0.459 e. The van der Waals surface area contributed by atoms with Crippen molar-refractivity contribution in [1.29, 1.82) is 0 Å². The summed E-state index contributed by atoms with van der Waals surface area (Å²) in [6.45, 7) is 6.61. The van der Waals surface area contributed by atoms with E-state index in [9.17, 15) is 4.79 Å². The minimum Gasteiger partial charge on any atom is -0.459 e. The van der Waals surface area contributed by atoms with Gasteiger partial charge in [-0.2, -0.15) is 0 Å². The summed E-state index contributed by atoms with van der Waals surface area (Å²) < 4.78 is 10.8. The van der Waals surface area contributed by atoms with Gasteiger partial charge < -0.3 is 19.5 Å². The lowest BCUT2D eigenvalue weighted by molar-refractivity contribution is -0.129. The van der Waals surface area contributed by atoms with Gasteiger partial charge in [-0.15, -0.1) is 24.8 Å². The lowest BCUT2D eigenvalue weighted by Crippen LogP contribution is -2.35. The van der Waals surface area contributed by atoms with Crippen LogP contribution in [0.3, 0.4) is 0 Å². The van der Waals surface area contributed by atoms with Crippen molar-refractivity contribution in [2.45, 2.75) is 39.7 Å². The van der Waals surface area contributed by atoms with Crippen molar-refractivity contribution >= 4 is 30.7 Å². The summed E-state index contributed by atoms with van der Waals surface area (Å²) in [5.74, 6) is 2.01. The summed E-state index contributed by atoms with van der Waals surface area (Å²) in [6.07, 6.45) is 2.56. The summed E-state index contributed by atoms with van der Waals surface area (Å²) in [5.41, 5.74) is 6.66. The average Bonchev–Trinajstić information content (AvgIpc) is 3.14. The quantitative estimate of drug-likeness (QED) is 0.780. The predicted molar refractivity (Wildman–Crippen MR) is 102 cm³/mol. The van der Waals surface area contributed by atoms with Gasteiger partial charge in [0.25, 0.3) is 5.89 Å². The molecule has 2 heterocycles. The zero-order valence-electron chi connectivity index (χ0n) is 15.0. The molecular weight excluding hydrogens is 365 g/mol. The van der Waals surface area contributed by atoms with E-state index < -0.39 is 0 Å². The molecule has 0 fully saturated rings. The van der Waals surface area contributed by atoms with Crippen molar-refractivity contribution in [2.24, 2.45) is 11.7 Å². The number of halogens is 2. The molecule has 2 aromatic heterocycles.